The van der Waals surface area contributed by atoms with Crippen molar-refractivity contribution in [1.82, 2.24) is 9.21 Å². The average molecular weight is 433 g/mol. The van der Waals surface area contributed by atoms with Crippen molar-refractivity contribution < 1.29 is 13.2 Å². The molecule has 6 nitrogen and oxygen atoms in total. The summed E-state index contributed by atoms with van der Waals surface area (Å²) >= 11 is 4.47. The van der Waals surface area contributed by atoms with E-state index in [1.165, 1.54) is 15.6 Å². The Labute approximate surface area is 149 Å². The maximum atomic E-state index is 12.6. The van der Waals surface area contributed by atoms with Gasteiger partial charge in [-0.15, -0.1) is 23.7 Å². The summed E-state index contributed by atoms with van der Waals surface area (Å²) in [7, 11) is -3.48. The normalized spacial score (nSPS) is 18.4. The van der Waals surface area contributed by atoms with Crippen LogP contribution in [0.4, 0.5) is 0 Å². The molecular weight excluding hydrogens is 414 g/mol. The maximum absolute atomic E-state index is 12.6. The fraction of sp³-hybridized carbons (Fsp3) is 0.583. The molecule has 2 rings (SSSR count). The fourth-order valence-corrected chi connectivity index (χ4v) is 5.84. The van der Waals surface area contributed by atoms with E-state index in [4.69, 9.17) is 5.73 Å². The molecule has 1 saturated heterocycles. The molecule has 0 saturated carbocycles. The smallest absolute Gasteiger partial charge is 0.252 e. The zero-order chi connectivity index (χ0) is 15.6. The third-order valence-electron chi connectivity index (χ3n) is 3.30. The molecular formula is C12H19BrClN3O3S2. The number of nitrogens with two attached hydrogens (primary N) is 1. The Morgan fingerprint density at radius 1 is 1.32 bits per heavy atom. The summed E-state index contributed by atoms with van der Waals surface area (Å²) in [6.45, 7) is 3.29. The third kappa shape index (κ3) is 4.42. The first-order valence-electron chi connectivity index (χ1n) is 6.62. The predicted octanol–water partition coefficient (Wildman–Crippen LogP) is 1.50. The number of sulfonamides is 1. The third-order valence-corrected chi connectivity index (χ3v) is 7.29. The highest BCUT2D eigenvalue weighted by Crippen LogP contribution is 2.28. The minimum Gasteiger partial charge on any atom is -0.340 e. The van der Waals surface area contributed by atoms with Crippen molar-refractivity contribution in [3.63, 3.8) is 0 Å². The van der Waals surface area contributed by atoms with Crippen LogP contribution in [-0.2, 0) is 14.8 Å². The molecule has 22 heavy (non-hydrogen) atoms. The van der Waals surface area contributed by atoms with Gasteiger partial charge in [-0.3, -0.25) is 4.79 Å². The van der Waals surface area contributed by atoms with Crippen LogP contribution >= 0.6 is 39.7 Å². The lowest BCUT2D eigenvalue weighted by molar-refractivity contribution is -0.132. The SMILES string of the molecule is CC(N)C(=O)N1CCCN(S(=O)(=O)c2ccc(Br)s2)CC1.Cl. The van der Waals surface area contributed by atoms with E-state index in [0.717, 1.165) is 3.79 Å². The number of hydrogen-bond acceptors (Lipinski definition) is 5. The van der Waals surface area contributed by atoms with Crippen LogP contribution in [0.3, 0.4) is 0 Å². The minimum atomic E-state index is -3.48. The predicted molar refractivity (Wildman–Crippen MR) is 92.9 cm³/mol. The van der Waals surface area contributed by atoms with Gasteiger partial charge >= 0.3 is 0 Å². The Bertz CT molecular complexity index is 621. The van der Waals surface area contributed by atoms with Gasteiger partial charge in [0.2, 0.25) is 5.91 Å². The van der Waals surface area contributed by atoms with Gasteiger partial charge in [-0.2, -0.15) is 4.31 Å². The van der Waals surface area contributed by atoms with Crippen LogP contribution in [0.1, 0.15) is 13.3 Å². The molecule has 0 aromatic carbocycles. The van der Waals surface area contributed by atoms with Gasteiger partial charge in [0.15, 0.2) is 0 Å². The van der Waals surface area contributed by atoms with Crippen molar-refractivity contribution in [2.75, 3.05) is 26.2 Å². The van der Waals surface area contributed by atoms with E-state index in [1.54, 1.807) is 24.0 Å². The van der Waals surface area contributed by atoms with Crippen LogP contribution in [0.5, 0.6) is 0 Å². The fourth-order valence-electron chi connectivity index (χ4n) is 2.21. The largest absolute Gasteiger partial charge is 0.340 e. The van der Waals surface area contributed by atoms with E-state index in [1.807, 2.05) is 0 Å². The highest BCUT2D eigenvalue weighted by atomic mass is 79.9. The molecule has 1 aliphatic heterocycles. The van der Waals surface area contributed by atoms with Crippen molar-refractivity contribution >= 4 is 55.6 Å². The lowest BCUT2D eigenvalue weighted by atomic mass is 10.3. The highest BCUT2D eigenvalue weighted by Gasteiger charge is 2.29. The molecule has 1 unspecified atom stereocenters. The zero-order valence-corrected chi connectivity index (χ0v) is 16.1. The molecule has 0 bridgehead atoms. The van der Waals surface area contributed by atoms with Crippen molar-refractivity contribution in [3.05, 3.63) is 15.9 Å². The van der Waals surface area contributed by atoms with Crippen molar-refractivity contribution in [3.8, 4) is 0 Å². The molecule has 2 heterocycles. The van der Waals surface area contributed by atoms with Crippen LogP contribution in [0.25, 0.3) is 0 Å². The number of halogens is 2. The molecule has 1 aliphatic rings. The molecule has 1 amide bonds. The Morgan fingerprint density at radius 3 is 2.55 bits per heavy atom. The first kappa shape index (κ1) is 19.9. The van der Waals surface area contributed by atoms with E-state index in [0.29, 0.717) is 36.8 Å². The standard InChI is InChI=1S/C12H18BrN3O3S2.ClH/c1-9(14)12(17)15-5-2-6-16(8-7-15)21(18,19)11-4-3-10(13)20-11;/h3-4,9H,2,5-8,14H2,1H3;1H. The summed E-state index contributed by atoms with van der Waals surface area (Å²) in [5.41, 5.74) is 5.61. The highest BCUT2D eigenvalue weighted by molar-refractivity contribution is 9.11. The minimum absolute atomic E-state index is 0. The van der Waals surface area contributed by atoms with Crippen LogP contribution in [-0.4, -0.2) is 55.8 Å². The second kappa shape index (κ2) is 8.07. The number of thiophene rings is 1. The molecule has 1 atom stereocenters. The summed E-state index contributed by atoms with van der Waals surface area (Å²) in [4.78, 5) is 13.6. The van der Waals surface area contributed by atoms with Crippen LogP contribution in [0.15, 0.2) is 20.1 Å². The second-order valence-corrected chi connectivity index (χ2v) is 9.56. The van der Waals surface area contributed by atoms with Crippen LogP contribution in [0, 0.1) is 0 Å². The summed E-state index contributed by atoms with van der Waals surface area (Å²) < 4.78 is 27.6. The van der Waals surface area contributed by atoms with Gasteiger partial charge < -0.3 is 10.6 Å². The number of carbonyl (C=O) groups excluding carboxylic acids is 1. The molecule has 1 aromatic heterocycles. The number of nitrogens with zero attached hydrogens (tertiary/aromatic N) is 2. The van der Waals surface area contributed by atoms with E-state index in [-0.39, 0.29) is 18.3 Å². The van der Waals surface area contributed by atoms with Gasteiger partial charge in [0.25, 0.3) is 10.0 Å². The van der Waals surface area contributed by atoms with Crippen molar-refractivity contribution in [2.24, 2.45) is 5.73 Å². The van der Waals surface area contributed by atoms with E-state index < -0.39 is 16.1 Å². The topological polar surface area (TPSA) is 83.7 Å². The number of carbonyl (C=O) groups is 1. The summed E-state index contributed by atoms with van der Waals surface area (Å²) in [6, 6.07) is 2.77. The second-order valence-electron chi connectivity index (χ2n) is 4.93. The Kier molecular flexibility index (Phi) is 7.28. The van der Waals surface area contributed by atoms with Gasteiger partial charge in [-0.1, -0.05) is 0 Å². The molecule has 0 radical (unpaired) electrons. The zero-order valence-electron chi connectivity index (χ0n) is 12.1. The Balaban J connectivity index is 0.00000242. The van der Waals surface area contributed by atoms with Crippen molar-refractivity contribution in [2.45, 2.75) is 23.6 Å². The molecule has 10 heteroatoms. The van der Waals surface area contributed by atoms with E-state index in [9.17, 15) is 13.2 Å². The quantitative estimate of drug-likeness (QED) is 0.784. The van der Waals surface area contributed by atoms with Gasteiger partial charge in [0.1, 0.15) is 4.21 Å². The summed E-state index contributed by atoms with van der Waals surface area (Å²) in [5.74, 6) is -0.131. The molecule has 1 aromatic rings. The molecule has 0 aliphatic carbocycles. The van der Waals surface area contributed by atoms with Crippen molar-refractivity contribution in [1.29, 1.82) is 0 Å². The number of rotatable bonds is 3. The lowest BCUT2D eigenvalue weighted by Crippen LogP contribution is -2.44. The van der Waals surface area contributed by atoms with Crippen LogP contribution < -0.4 is 5.73 Å². The van der Waals surface area contributed by atoms with Gasteiger partial charge in [0, 0.05) is 26.2 Å². The Morgan fingerprint density at radius 2 is 2.00 bits per heavy atom. The van der Waals surface area contributed by atoms with E-state index >= 15 is 0 Å². The number of hydrogen-bond donors (Lipinski definition) is 1. The Hall–Kier alpha value is -0.190. The van der Waals surface area contributed by atoms with Gasteiger partial charge in [-0.25, -0.2) is 8.42 Å². The molecule has 126 valence electrons. The molecule has 0 spiro atoms. The molecule has 1 fully saturated rings. The van der Waals surface area contributed by atoms with Crippen LogP contribution in [0.2, 0.25) is 0 Å². The maximum Gasteiger partial charge on any atom is 0.252 e. The van der Waals surface area contributed by atoms with Gasteiger partial charge in [-0.05, 0) is 41.4 Å². The summed E-state index contributed by atoms with van der Waals surface area (Å²) in [6.07, 6.45) is 0.615. The monoisotopic (exact) mass is 431 g/mol. The van der Waals surface area contributed by atoms with E-state index in [2.05, 4.69) is 15.9 Å². The summed E-state index contributed by atoms with van der Waals surface area (Å²) in [5, 5.41) is 0. The first-order valence-corrected chi connectivity index (χ1v) is 9.67. The number of amides is 1. The first-order chi connectivity index (χ1) is 9.82. The lowest BCUT2D eigenvalue weighted by Gasteiger charge is -2.23. The molecule has 2 N–H and O–H groups in total. The van der Waals surface area contributed by atoms with Gasteiger partial charge in [0.05, 0.1) is 9.83 Å². The average Bonchev–Trinajstić information content (AvgIpc) is 2.72.